The van der Waals surface area contributed by atoms with Gasteiger partial charge in [0, 0.05) is 5.33 Å². The highest BCUT2D eigenvalue weighted by Crippen LogP contribution is 2.10. The van der Waals surface area contributed by atoms with Gasteiger partial charge in [0.1, 0.15) is 6.61 Å². The summed E-state index contributed by atoms with van der Waals surface area (Å²) in [6, 6.07) is 0. The molecule has 1 nitrogen and oxygen atoms in total. The standard InChI is InChI=1S/C8H15BrF2O/c1-2-3-7(4-9)5-12-6-8(10)11/h7-8H,2-6H2,1H3. The molecule has 0 bridgehead atoms. The number of halogens is 3. The van der Waals surface area contributed by atoms with Crippen molar-refractivity contribution in [2.75, 3.05) is 18.5 Å². The maximum Gasteiger partial charge on any atom is 0.261 e. The zero-order valence-corrected chi connectivity index (χ0v) is 8.82. The van der Waals surface area contributed by atoms with Crippen LogP contribution in [0.4, 0.5) is 8.78 Å². The lowest BCUT2D eigenvalue weighted by molar-refractivity contribution is 0.00572. The van der Waals surface area contributed by atoms with Crippen LogP contribution in [0, 0.1) is 5.92 Å². The molecule has 0 spiro atoms. The second kappa shape index (κ2) is 7.92. The van der Waals surface area contributed by atoms with Crippen LogP contribution in [0.15, 0.2) is 0 Å². The summed E-state index contributed by atoms with van der Waals surface area (Å²) in [6.45, 7) is 2.07. The fourth-order valence-electron chi connectivity index (χ4n) is 0.937. The van der Waals surface area contributed by atoms with E-state index in [1.54, 1.807) is 0 Å². The molecule has 0 heterocycles. The van der Waals surface area contributed by atoms with Gasteiger partial charge in [0.05, 0.1) is 6.61 Å². The predicted molar refractivity (Wildman–Crippen MR) is 49.0 cm³/mol. The van der Waals surface area contributed by atoms with Gasteiger partial charge in [-0.05, 0) is 12.3 Å². The first-order valence-corrected chi connectivity index (χ1v) is 5.24. The van der Waals surface area contributed by atoms with Crippen molar-refractivity contribution in [1.82, 2.24) is 0 Å². The van der Waals surface area contributed by atoms with Crippen molar-refractivity contribution in [1.29, 1.82) is 0 Å². The Morgan fingerprint density at radius 1 is 1.33 bits per heavy atom. The van der Waals surface area contributed by atoms with E-state index in [1.807, 2.05) is 0 Å². The zero-order chi connectivity index (χ0) is 9.40. The summed E-state index contributed by atoms with van der Waals surface area (Å²) >= 11 is 3.32. The van der Waals surface area contributed by atoms with E-state index in [9.17, 15) is 8.78 Å². The van der Waals surface area contributed by atoms with E-state index in [4.69, 9.17) is 4.74 Å². The van der Waals surface area contributed by atoms with Gasteiger partial charge in [-0.15, -0.1) is 0 Å². The van der Waals surface area contributed by atoms with Crippen molar-refractivity contribution in [2.24, 2.45) is 5.92 Å². The fraction of sp³-hybridized carbons (Fsp3) is 1.00. The van der Waals surface area contributed by atoms with Crippen LogP contribution in [0.25, 0.3) is 0 Å². The molecule has 0 saturated heterocycles. The third kappa shape index (κ3) is 6.98. The van der Waals surface area contributed by atoms with E-state index in [-0.39, 0.29) is 0 Å². The van der Waals surface area contributed by atoms with Gasteiger partial charge >= 0.3 is 0 Å². The molecule has 0 aromatic heterocycles. The lowest BCUT2D eigenvalue weighted by atomic mass is 10.1. The van der Waals surface area contributed by atoms with E-state index >= 15 is 0 Å². The van der Waals surface area contributed by atoms with Gasteiger partial charge in [0.2, 0.25) is 0 Å². The molecule has 0 aromatic carbocycles. The Balaban J connectivity index is 3.31. The topological polar surface area (TPSA) is 9.23 Å². The van der Waals surface area contributed by atoms with Crippen LogP contribution in [0.5, 0.6) is 0 Å². The monoisotopic (exact) mass is 244 g/mol. The van der Waals surface area contributed by atoms with Gasteiger partial charge in [-0.25, -0.2) is 8.78 Å². The minimum atomic E-state index is -2.34. The van der Waals surface area contributed by atoms with E-state index in [0.29, 0.717) is 12.5 Å². The average Bonchev–Trinajstić information content (AvgIpc) is 2.02. The van der Waals surface area contributed by atoms with Crippen LogP contribution in [0.1, 0.15) is 19.8 Å². The smallest absolute Gasteiger partial charge is 0.261 e. The highest BCUT2D eigenvalue weighted by atomic mass is 79.9. The highest BCUT2D eigenvalue weighted by Gasteiger charge is 2.08. The number of ether oxygens (including phenoxy) is 1. The van der Waals surface area contributed by atoms with Crippen molar-refractivity contribution >= 4 is 15.9 Å². The molecule has 0 amide bonds. The summed E-state index contributed by atoms with van der Waals surface area (Å²) in [5.41, 5.74) is 0. The van der Waals surface area contributed by atoms with E-state index < -0.39 is 13.0 Å². The lowest BCUT2D eigenvalue weighted by Crippen LogP contribution is -2.14. The SMILES string of the molecule is CCCC(CBr)COCC(F)F. The number of hydrogen-bond acceptors (Lipinski definition) is 1. The minimum Gasteiger partial charge on any atom is -0.375 e. The van der Waals surface area contributed by atoms with Crippen LogP contribution in [-0.4, -0.2) is 25.0 Å². The summed E-state index contributed by atoms with van der Waals surface area (Å²) in [4.78, 5) is 0. The third-order valence-electron chi connectivity index (χ3n) is 1.51. The van der Waals surface area contributed by atoms with E-state index in [0.717, 1.165) is 18.2 Å². The van der Waals surface area contributed by atoms with Crippen LogP contribution in [-0.2, 0) is 4.74 Å². The molecule has 0 aliphatic heterocycles. The Labute approximate surface area is 80.6 Å². The van der Waals surface area contributed by atoms with Gasteiger partial charge in [0.25, 0.3) is 6.43 Å². The number of rotatable bonds is 7. The fourth-order valence-corrected chi connectivity index (χ4v) is 1.45. The molecule has 0 aliphatic rings. The third-order valence-corrected chi connectivity index (χ3v) is 2.43. The summed E-state index contributed by atoms with van der Waals surface area (Å²) < 4.78 is 28.1. The van der Waals surface area contributed by atoms with Crippen LogP contribution in [0.3, 0.4) is 0 Å². The van der Waals surface area contributed by atoms with Gasteiger partial charge in [-0.3, -0.25) is 0 Å². The Hall–Kier alpha value is 0.300. The Morgan fingerprint density at radius 3 is 2.42 bits per heavy atom. The Morgan fingerprint density at radius 2 is 2.00 bits per heavy atom. The summed E-state index contributed by atoms with van der Waals surface area (Å²) in [5.74, 6) is 0.369. The van der Waals surface area contributed by atoms with Gasteiger partial charge < -0.3 is 4.74 Å². The zero-order valence-electron chi connectivity index (χ0n) is 7.23. The average molecular weight is 245 g/mol. The first kappa shape index (κ1) is 12.3. The van der Waals surface area contributed by atoms with Crippen LogP contribution < -0.4 is 0 Å². The summed E-state index contributed by atoms with van der Waals surface area (Å²) in [7, 11) is 0. The van der Waals surface area contributed by atoms with Crippen molar-refractivity contribution < 1.29 is 13.5 Å². The van der Waals surface area contributed by atoms with Crippen molar-refractivity contribution in [3.63, 3.8) is 0 Å². The maximum atomic E-state index is 11.6. The molecule has 4 heteroatoms. The minimum absolute atomic E-state index is 0.369. The molecular formula is C8H15BrF2O. The highest BCUT2D eigenvalue weighted by molar-refractivity contribution is 9.09. The Kier molecular flexibility index (Phi) is 8.12. The van der Waals surface area contributed by atoms with E-state index in [1.165, 1.54) is 0 Å². The molecule has 74 valence electrons. The van der Waals surface area contributed by atoms with Gasteiger partial charge in [0.15, 0.2) is 0 Å². The van der Waals surface area contributed by atoms with Crippen molar-refractivity contribution in [3.05, 3.63) is 0 Å². The summed E-state index contributed by atoms with van der Waals surface area (Å²) in [6.07, 6.45) is -0.259. The lowest BCUT2D eigenvalue weighted by Gasteiger charge is -2.12. The Bertz CT molecular complexity index is 101. The second-order valence-electron chi connectivity index (χ2n) is 2.74. The van der Waals surface area contributed by atoms with E-state index in [2.05, 4.69) is 22.9 Å². The maximum absolute atomic E-state index is 11.6. The molecule has 0 aliphatic carbocycles. The molecule has 0 aromatic rings. The molecule has 0 fully saturated rings. The normalized spacial score (nSPS) is 13.8. The molecule has 0 saturated carbocycles. The van der Waals surface area contributed by atoms with Gasteiger partial charge in [-0.2, -0.15) is 0 Å². The molecule has 0 radical (unpaired) electrons. The molecule has 12 heavy (non-hydrogen) atoms. The number of hydrogen-bond donors (Lipinski definition) is 0. The van der Waals surface area contributed by atoms with Crippen LogP contribution >= 0.6 is 15.9 Å². The second-order valence-corrected chi connectivity index (χ2v) is 3.39. The first-order chi connectivity index (χ1) is 5.70. The van der Waals surface area contributed by atoms with Crippen molar-refractivity contribution in [2.45, 2.75) is 26.2 Å². The quantitative estimate of drug-likeness (QED) is 0.626. The molecular weight excluding hydrogens is 230 g/mol. The largest absolute Gasteiger partial charge is 0.375 e. The van der Waals surface area contributed by atoms with Crippen LogP contribution in [0.2, 0.25) is 0 Å². The predicted octanol–water partition coefficient (Wildman–Crippen LogP) is 3.08. The molecule has 1 unspecified atom stereocenters. The summed E-state index contributed by atoms with van der Waals surface area (Å²) in [5, 5.41) is 0.823. The molecule has 0 N–H and O–H groups in total. The van der Waals surface area contributed by atoms with Crippen molar-refractivity contribution in [3.8, 4) is 0 Å². The number of alkyl halides is 3. The first-order valence-electron chi connectivity index (χ1n) is 4.12. The molecule has 1 atom stereocenters. The molecule has 0 rings (SSSR count). The van der Waals surface area contributed by atoms with Gasteiger partial charge in [-0.1, -0.05) is 29.3 Å².